The molecule has 0 aliphatic carbocycles. The number of likely N-dealkylation sites (tertiary alicyclic amines) is 1. The van der Waals surface area contributed by atoms with Gasteiger partial charge in [-0.3, -0.25) is 24.8 Å². The van der Waals surface area contributed by atoms with Gasteiger partial charge in [0.1, 0.15) is 10.9 Å². The molecule has 0 aromatic carbocycles. The van der Waals surface area contributed by atoms with Gasteiger partial charge in [0.2, 0.25) is 5.91 Å². The number of amides is 2. The molecule has 1 saturated heterocycles. The smallest absolute Gasteiger partial charge is 0.259 e. The summed E-state index contributed by atoms with van der Waals surface area (Å²) in [4.78, 5) is 43.0. The number of anilines is 1. The Hall–Kier alpha value is -3.22. The number of hydrogen-bond donors (Lipinski definition) is 1. The summed E-state index contributed by atoms with van der Waals surface area (Å²) in [7, 11) is 1.51. The number of rotatable bonds is 7. The summed E-state index contributed by atoms with van der Waals surface area (Å²) in [5.74, 6) is -0.253. The molecule has 0 atom stereocenters. The number of hydrogen-bond acceptors (Lipinski definition) is 8. The maximum absolute atomic E-state index is 13.3. The van der Waals surface area contributed by atoms with Crippen LogP contribution in [0.1, 0.15) is 26.6 Å². The highest BCUT2D eigenvalue weighted by Crippen LogP contribution is 2.36. The zero-order valence-corrected chi connectivity index (χ0v) is 21.6. The van der Waals surface area contributed by atoms with E-state index in [0.29, 0.717) is 59.4 Å². The lowest BCUT2D eigenvalue weighted by Crippen LogP contribution is -2.54. The number of thiazole rings is 1. The predicted molar refractivity (Wildman–Crippen MR) is 134 cm³/mol. The Morgan fingerprint density at radius 3 is 2.70 bits per heavy atom. The lowest BCUT2D eigenvalue weighted by Gasteiger charge is -2.39. The van der Waals surface area contributed by atoms with Gasteiger partial charge < -0.3 is 9.64 Å². The van der Waals surface area contributed by atoms with Crippen molar-refractivity contribution < 1.29 is 23.1 Å². The SMILES string of the molecule is COc1cnc(Cl)cc1-c1cc(C)ncc1C(=O)Nc1nc2c(s1)CN(C(=O)C1CN(CC(F)F)C1)C2. The van der Waals surface area contributed by atoms with Crippen LogP contribution in [-0.4, -0.2) is 69.7 Å². The van der Waals surface area contributed by atoms with Crippen LogP contribution in [0, 0.1) is 12.8 Å². The second-order valence-electron chi connectivity index (χ2n) is 8.92. The number of nitrogens with one attached hydrogen (secondary N) is 1. The van der Waals surface area contributed by atoms with E-state index in [4.69, 9.17) is 16.3 Å². The number of aromatic nitrogens is 3. The van der Waals surface area contributed by atoms with Crippen LogP contribution in [0.3, 0.4) is 0 Å². The summed E-state index contributed by atoms with van der Waals surface area (Å²) < 4.78 is 30.4. The predicted octanol–water partition coefficient (Wildman–Crippen LogP) is 3.86. The minimum absolute atomic E-state index is 0.0540. The zero-order chi connectivity index (χ0) is 26.3. The van der Waals surface area contributed by atoms with Crippen molar-refractivity contribution in [3.05, 3.63) is 51.5 Å². The van der Waals surface area contributed by atoms with Crippen LogP contribution >= 0.6 is 22.9 Å². The first-order valence-electron chi connectivity index (χ1n) is 11.5. The Morgan fingerprint density at radius 1 is 1.22 bits per heavy atom. The Morgan fingerprint density at radius 2 is 2.00 bits per heavy atom. The second kappa shape index (κ2) is 10.3. The Bertz CT molecular complexity index is 1340. The number of methoxy groups -OCH3 is 1. The van der Waals surface area contributed by atoms with E-state index in [1.807, 2.05) is 6.92 Å². The molecule has 1 N–H and O–H groups in total. The van der Waals surface area contributed by atoms with Crippen molar-refractivity contribution in [3.63, 3.8) is 0 Å². The van der Waals surface area contributed by atoms with Crippen LogP contribution in [0.2, 0.25) is 5.15 Å². The van der Waals surface area contributed by atoms with E-state index in [-0.39, 0.29) is 23.5 Å². The van der Waals surface area contributed by atoms with Gasteiger partial charge in [-0.25, -0.2) is 18.7 Å². The molecule has 3 aromatic rings. The van der Waals surface area contributed by atoms with Gasteiger partial charge in [-0.15, -0.1) is 0 Å². The highest BCUT2D eigenvalue weighted by atomic mass is 35.5. The van der Waals surface area contributed by atoms with Crippen LogP contribution in [0.5, 0.6) is 5.75 Å². The van der Waals surface area contributed by atoms with Crippen molar-refractivity contribution in [3.8, 4) is 16.9 Å². The van der Waals surface area contributed by atoms with Crippen LogP contribution < -0.4 is 10.1 Å². The Labute approximate surface area is 220 Å². The molecule has 13 heteroatoms. The van der Waals surface area contributed by atoms with Crippen molar-refractivity contribution in [2.75, 3.05) is 32.1 Å². The molecule has 194 valence electrons. The van der Waals surface area contributed by atoms with Gasteiger partial charge in [0.05, 0.1) is 55.0 Å². The summed E-state index contributed by atoms with van der Waals surface area (Å²) in [6.07, 6.45) is 0.586. The minimum atomic E-state index is -2.40. The summed E-state index contributed by atoms with van der Waals surface area (Å²) in [5, 5.41) is 3.52. The second-order valence-corrected chi connectivity index (χ2v) is 10.4. The molecule has 1 fully saturated rings. The average Bonchev–Trinajstić information content (AvgIpc) is 3.39. The van der Waals surface area contributed by atoms with E-state index >= 15 is 0 Å². The first-order chi connectivity index (χ1) is 17.7. The topological polar surface area (TPSA) is 101 Å². The van der Waals surface area contributed by atoms with E-state index in [2.05, 4.69) is 20.3 Å². The van der Waals surface area contributed by atoms with Gasteiger partial charge in [0, 0.05) is 36.1 Å². The number of nitrogens with zero attached hydrogens (tertiary/aromatic N) is 5. The molecule has 2 aliphatic heterocycles. The van der Waals surface area contributed by atoms with E-state index in [1.165, 1.54) is 30.8 Å². The lowest BCUT2D eigenvalue weighted by atomic mass is 9.98. The van der Waals surface area contributed by atoms with E-state index in [0.717, 1.165) is 10.6 Å². The van der Waals surface area contributed by atoms with Crippen LogP contribution in [0.25, 0.3) is 11.1 Å². The number of aryl methyl sites for hydroxylation is 1. The molecule has 9 nitrogen and oxygen atoms in total. The number of halogens is 3. The summed E-state index contributed by atoms with van der Waals surface area (Å²) >= 11 is 7.41. The van der Waals surface area contributed by atoms with Crippen molar-refractivity contribution in [2.24, 2.45) is 5.92 Å². The zero-order valence-electron chi connectivity index (χ0n) is 20.0. The molecule has 0 unspecified atom stereocenters. The average molecular weight is 549 g/mol. The molecule has 2 aliphatic rings. The third-order valence-electron chi connectivity index (χ3n) is 6.32. The van der Waals surface area contributed by atoms with Gasteiger partial charge in [-0.2, -0.15) is 0 Å². The minimum Gasteiger partial charge on any atom is -0.494 e. The number of fused-ring (bicyclic) bond motifs is 1. The first kappa shape index (κ1) is 25.4. The maximum atomic E-state index is 13.3. The molecular weight excluding hydrogens is 526 g/mol. The highest BCUT2D eigenvalue weighted by molar-refractivity contribution is 7.16. The van der Waals surface area contributed by atoms with Crippen molar-refractivity contribution >= 4 is 39.9 Å². The normalized spacial score (nSPS) is 15.6. The summed E-state index contributed by atoms with van der Waals surface area (Å²) in [5.41, 5.74) is 2.95. The standard InChI is InChI=1S/C24H23ClF2N6O3S/c1-12-3-14(15-4-20(25)29-6-18(15)36-2)16(5-28-12)22(34)31-24-30-17-9-33(10-19(17)37-24)23(35)13-7-32(8-13)11-21(26)27/h3-6,13,21H,7-11H2,1-2H3,(H,30,31,34). The number of carbonyl (C=O) groups is 2. The number of carbonyl (C=O) groups excluding carboxylic acids is 2. The molecule has 3 aromatic heterocycles. The van der Waals surface area contributed by atoms with Crippen LogP contribution in [0.4, 0.5) is 13.9 Å². The number of ether oxygens (including phenoxy) is 1. The third-order valence-corrected chi connectivity index (χ3v) is 7.52. The van der Waals surface area contributed by atoms with Crippen molar-refractivity contribution in [1.82, 2.24) is 24.8 Å². The monoisotopic (exact) mass is 548 g/mol. The van der Waals surface area contributed by atoms with Gasteiger partial charge in [-0.1, -0.05) is 22.9 Å². The summed E-state index contributed by atoms with van der Waals surface area (Å²) in [6, 6.07) is 3.40. The molecule has 2 amide bonds. The molecule has 5 heterocycles. The highest BCUT2D eigenvalue weighted by Gasteiger charge is 2.38. The number of alkyl halides is 2. The third kappa shape index (κ3) is 5.27. The van der Waals surface area contributed by atoms with Crippen LogP contribution in [-0.2, 0) is 17.9 Å². The van der Waals surface area contributed by atoms with Gasteiger partial charge in [-0.05, 0) is 19.1 Å². The van der Waals surface area contributed by atoms with Gasteiger partial charge in [0.15, 0.2) is 5.13 Å². The molecule has 0 bridgehead atoms. The lowest BCUT2D eigenvalue weighted by molar-refractivity contribution is -0.142. The van der Waals surface area contributed by atoms with E-state index < -0.39 is 12.3 Å². The fourth-order valence-electron chi connectivity index (χ4n) is 4.50. The molecular formula is C24H23ClF2N6O3S. The molecule has 0 radical (unpaired) electrons. The van der Waals surface area contributed by atoms with Crippen molar-refractivity contribution in [1.29, 1.82) is 0 Å². The quantitative estimate of drug-likeness (QED) is 0.447. The molecule has 5 rings (SSSR count). The Kier molecular flexibility index (Phi) is 7.06. The maximum Gasteiger partial charge on any atom is 0.259 e. The van der Waals surface area contributed by atoms with Crippen molar-refractivity contribution in [2.45, 2.75) is 26.4 Å². The van der Waals surface area contributed by atoms with Gasteiger partial charge >= 0.3 is 0 Å². The molecule has 37 heavy (non-hydrogen) atoms. The fourth-order valence-corrected chi connectivity index (χ4v) is 5.64. The van der Waals surface area contributed by atoms with E-state index in [9.17, 15) is 18.4 Å². The van der Waals surface area contributed by atoms with Crippen LogP contribution in [0.15, 0.2) is 24.5 Å². The molecule has 0 saturated carbocycles. The Balaban J connectivity index is 1.27. The first-order valence-corrected chi connectivity index (χ1v) is 12.7. The number of pyridine rings is 2. The fraction of sp³-hybridized carbons (Fsp3) is 0.375. The van der Waals surface area contributed by atoms with Gasteiger partial charge in [0.25, 0.3) is 12.3 Å². The molecule has 0 spiro atoms. The van der Waals surface area contributed by atoms with E-state index in [1.54, 1.807) is 21.9 Å². The summed E-state index contributed by atoms with van der Waals surface area (Å²) in [6.45, 7) is 2.93. The largest absolute Gasteiger partial charge is 0.494 e.